The van der Waals surface area contributed by atoms with Crippen LogP contribution in [0.25, 0.3) is 0 Å². The molecule has 0 bridgehead atoms. The second-order valence-electron chi connectivity index (χ2n) is 7.32. The Bertz CT molecular complexity index is 445. The zero-order valence-corrected chi connectivity index (χ0v) is 15.6. The minimum Gasteiger partial charge on any atom is -0.399 e. The molecular weight excluding hydrogens is 296 g/mol. The SMILES string of the molecule is CC(=O)c1cccc(N)c1.CC1CCCCC1.NC1CCCCC1. The normalized spacial score (nSPS) is 18.6. The van der Waals surface area contributed by atoms with Gasteiger partial charge in [-0.2, -0.15) is 0 Å². The molecule has 4 N–H and O–H groups in total. The topological polar surface area (TPSA) is 69.1 Å². The maximum absolute atomic E-state index is 10.7. The summed E-state index contributed by atoms with van der Waals surface area (Å²) in [5.74, 6) is 1.08. The second-order valence-corrected chi connectivity index (χ2v) is 7.32. The molecule has 0 radical (unpaired) electrons. The lowest BCUT2D eigenvalue weighted by Crippen LogP contribution is -2.22. The van der Waals surface area contributed by atoms with Gasteiger partial charge in [-0.15, -0.1) is 0 Å². The maximum Gasteiger partial charge on any atom is 0.159 e. The van der Waals surface area contributed by atoms with Crippen molar-refractivity contribution in [3.05, 3.63) is 29.8 Å². The van der Waals surface area contributed by atoms with Crippen molar-refractivity contribution >= 4 is 11.5 Å². The van der Waals surface area contributed by atoms with Crippen LogP contribution in [0.3, 0.4) is 0 Å². The monoisotopic (exact) mass is 332 g/mol. The van der Waals surface area contributed by atoms with Crippen molar-refractivity contribution in [3.63, 3.8) is 0 Å². The van der Waals surface area contributed by atoms with Crippen molar-refractivity contribution in [3.8, 4) is 0 Å². The fraction of sp³-hybridized carbons (Fsp3) is 0.667. The number of nitrogen functional groups attached to an aromatic ring is 1. The largest absolute Gasteiger partial charge is 0.399 e. The van der Waals surface area contributed by atoms with E-state index in [9.17, 15) is 4.79 Å². The van der Waals surface area contributed by atoms with E-state index < -0.39 is 0 Å². The first kappa shape index (κ1) is 20.7. The molecule has 0 amide bonds. The molecule has 0 spiro atoms. The molecule has 0 saturated heterocycles. The smallest absolute Gasteiger partial charge is 0.159 e. The Kier molecular flexibility index (Phi) is 10.4. The number of rotatable bonds is 1. The minimum absolute atomic E-state index is 0.0484. The summed E-state index contributed by atoms with van der Waals surface area (Å²) in [5.41, 5.74) is 12.4. The summed E-state index contributed by atoms with van der Waals surface area (Å²) in [4.78, 5) is 10.7. The predicted molar refractivity (Wildman–Crippen MR) is 104 cm³/mol. The van der Waals surface area contributed by atoms with Crippen LogP contribution in [0.5, 0.6) is 0 Å². The zero-order valence-electron chi connectivity index (χ0n) is 15.6. The van der Waals surface area contributed by atoms with Gasteiger partial charge in [0.15, 0.2) is 5.78 Å². The quantitative estimate of drug-likeness (QED) is 0.539. The molecule has 0 aliphatic heterocycles. The Morgan fingerprint density at radius 1 is 0.958 bits per heavy atom. The van der Waals surface area contributed by atoms with Gasteiger partial charge in [0.1, 0.15) is 0 Å². The van der Waals surface area contributed by atoms with Crippen LogP contribution in [0.2, 0.25) is 0 Å². The van der Waals surface area contributed by atoms with E-state index in [1.807, 2.05) is 0 Å². The van der Waals surface area contributed by atoms with E-state index in [-0.39, 0.29) is 5.78 Å². The van der Waals surface area contributed by atoms with Gasteiger partial charge < -0.3 is 11.5 Å². The van der Waals surface area contributed by atoms with Crippen LogP contribution in [-0.4, -0.2) is 11.8 Å². The third-order valence-electron chi connectivity index (χ3n) is 4.84. The Balaban J connectivity index is 0.000000185. The highest BCUT2D eigenvalue weighted by Gasteiger charge is 2.06. The highest BCUT2D eigenvalue weighted by atomic mass is 16.1. The van der Waals surface area contributed by atoms with Crippen LogP contribution in [-0.2, 0) is 0 Å². The molecule has 2 fully saturated rings. The number of Topliss-reactive ketones (excluding diaryl/α,β-unsaturated/α-hetero) is 1. The highest BCUT2D eigenvalue weighted by molar-refractivity contribution is 5.94. The number of nitrogens with two attached hydrogens (primary N) is 2. The predicted octanol–water partition coefficient (Wildman–Crippen LogP) is 5.34. The third-order valence-corrected chi connectivity index (χ3v) is 4.84. The van der Waals surface area contributed by atoms with Gasteiger partial charge in [0, 0.05) is 17.3 Å². The van der Waals surface area contributed by atoms with Gasteiger partial charge >= 0.3 is 0 Å². The van der Waals surface area contributed by atoms with Gasteiger partial charge in [-0.1, -0.05) is 70.4 Å². The molecule has 0 unspecified atom stereocenters. The van der Waals surface area contributed by atoms with Crippen LogP contribution in [0, 0.1) is 5.92 Å². The van der Waals surface area contributed by atoms with E-state index in [1.165, 1.54) is 71.1 Å². The lowest BCUT2D eigenvalue weighted by atomic mass is 9.91. The van der Waals surface area contributed by atoms with Crippen LogP contribution in [0.15, 0.2) is 24.3 Å². The summed E-state index contributed by atoms with van der Waals surface area (Å²) >= 11 is 0. The number of hydrogen-bond donors (Lipinski definition) is 2. The summed E-state index contributed by atoms with van der Waals surface area (Å²) in [6.07, 6.45) is 14.1. The molecule has 2 aliphatic rings. The molecule has 1 aromatic rings. The molecule has 0 aromatic heterocycles. The molecule has 136 valence electrons. The Morgan fingerprint density at radius 2 is 1.50 bits per heavy atom. The van der Waals surface area contributed by atoms with E-state index in [1.54, 1.807) is 24.3 Å². The van der Waals surface area contributed by atoms with Crippen molar-refractivity contribution < 1.29 is 4.79 Å². The molecular formula is C21H36N2O. The molecule has 2 saturated carbocycles. The van der Waals surface area contributed by atoms with Gasteiger partial charge in [-0.25, -0.2) is 0 Å². The van der Waals surface area contributed by atoms with Crippen LogP contribution in [0.1, 0.15) is 88.4 Å². The molecule has 0 atom stereocenters. The number of carbonyl (C=O) groups excluding carboxylic acids is 1. The van der Waals surface area contributed by atoms with E-state index in [0.717, 1.165) is 5.92 Å². The van der Waals surface area contributed by atoms with Crippen molar-refractivity contribution in [2.75, 3.05) is 5.73 Å². The number of hydrogen-bond acceptors (Lipinski definition) is 3. The number of carbonyl (C=O) groups is 1. The molecule has 24 heavy (non-hydrogen) atoms. The van der Waals surface area contributed by atoms with Gasteiger partial charge in [0.2, 0.25) is 0 Å². The van der Waals surface area contributed by atoms with Crippen LogP contribution in [0.4, 0.5) is 5.69 Å². The average molecular weight is 333 g/mol. The Labute approximate surface area is 148 Å². The summed E-state index contributed by atoms with van der Waals surface area (Å²) in [6.45, 7) is 3.88. The molecule has 2 aliphatic carbocycles. The van der Waals surface area contributed by atoms with Crippen molar-refractivity contribution in [2.45, 2.75) is 84.1 Å². The van der Waals surface area contributed by atoms with Crippen LogP contribution >= 0.6 is 0 Å². The van der Waals surface area contributed by atoms with E-state index in [2.05, 4.69) is 6.92 Å². The summed E-state index contributed by atoms with van der Waals surface area (Å²) in [7, 11) is 0. The fourth-order valence-electron chi connectivity index (χ4n) is 3.20. The van der Waals surface area contributed by atoms with Crippen molar-refractivity contribution in [1.82, 2.24) is 0 Å². The fourth-order valence-corrected chi connectivity index (χ4v) is 3.20. The standard InChI is InChI=1S/C8H9NO.C7H14.C6H13N/c1-6(10)7-3-2-4-8(9)5-7;1-7-5-3-2-4-6-7;7-6-4-2-1-3-5-6/h2-5H,9H2,1H3;7H,2-6H2,1H3;6H,1-5,7H2. The lowest BCUT2D eigenvalue weighted by molar-refractivity contribution is 0.101. The summed E-state index contributed by atoms with van der Waals surface area (Å²) < 4.78 is 0. The number of ketones is 1. The third kappa shape index (κ3) is 9.71. The highest BCUT2D eigenvalue weighted by Crippen LogP contribution is 2.22. The van der Waals surface area contributed by atoms with Gasteiger partial charge in [-0.3, -0.25) is 4.79 Å². The Hall–Kier alpha value is -1.35. The number of anilines is 1. The first-order valence-corrected chi connectivity index (χ1v) is 9.61. The molecule has 3 rings (SSSR count). The first-order chi connectivity index (χ1) is 11.5. The molecule has 3 heteroatoms. The van der Waals surface area contributed by atoms with E-state index in [4.69, 9.17) is 11.5 Å². The average Bonchev–Trinajstić information content (AvgIpc) is 2.57. The number of benzene rings is 1. The first-order valence-electron chi connectivity index (χ1n) is 9.61. The molecule has 0 heterocycles. The lowest BCUT2D eigenvalue weighted by Gasteiger charge is -2.15. The van der Waals surface area contributed by atoms with Gasteiger partial charge in [0.25, 0.3) is 0 Å². The van der Waals surface area contributed by atoms with Gasteiger partial charge in [-0.05, 0) is 37.8 Å². The Morgan fingerprint density at radius 3 is 1.79 bits per heavy atom. The summed E-state index contributed by atoms with van der Waals surface area (Å²) in [5, 5.41) is 0. The van der Waals surface area contributed by atoms with E-state index in [0.29, 0.717) is 17.3 Å². The van der Waals surface area contributed by atoms with Crippen molar-refractivity contribution in [2.24, 2.45) is 11.7 Å². The molecule has 1 aromatic carbocycles. The van der Waals surface area contributed by atoms with Gasteiger partial charge in [0.05, 0.1) is 0 Å². The summed E-state index contributed by atoms with van der Waals surface area (Å²) in [6, 6.07) is 7.48. The van der Waals surface area contributed by atoms with E-state index >= 15 is 0 Å². The second kappa shape index (κ2) is 12.1. The van der Waals surface area contributed by atoms with Crippen LogP contribution < -0.4 is 11.5 Å². The minimum atomic E-state index is 0.0484. The maximum atomic E-state index is 10.7. The zero-order chi connectivity index (χ0) is 17.8. The molecule has 3 nitrogen and oxygen atoms in total. The van der Waals surface area contributed by atoms with Crippen molar-refractivity contribution in [1.29, 1.82) is 0 Å².